The normalized spacial score (nSPS) is 21.3. The number of hydrogen-bond donors (Lipinski definition) is 1. The van der Waals surface area contributed by atoms with E-state index in [0.29, 0.717) is 12.0 Å². The number of benzene rings is 1. The van der Waals surface area contributed by atoms with Crippen LogP contribution in [0.5, 0.6) is 0 Å². The summed E-state index contributed by atoms with van der Waals surface area (Å²) in [7, 11) is 0. The molecule has 0 aliphatic carbocycles. The van der Waals surface area contributed by atoms with E-state index >= 15 is 0 Å². The fraction of sp³-hybridized carbons (Fsp3) is 0.647. The molecule has 1 aromatic rings. The Balaban J connectivity index is 2.22. The average Bonchev–Trinajstić information content (AvgIpc) is 2.45. The van der Waals surface area contributed by atoms with E-state index in [1.807, 2.05) is 0 Å². The summed E-state index contributed by atoms with van der Waals surface area (Å²) < 4.78 is 5.69. The van der Waals surface area contributed by atoms with E-state index in [0.717, 1.165) is 19.8 Å². The summed E-state index contributed by atoms with van der Waals surface area (Å²) in [6.45, 7) is 9.58. The first-order valence-electron chi connectivity index (χ1n) is 7.61. The van der Waals surface area contributed by atoms with Gasteiger partial charge in [0.2, 0.25) is 0 Å². The van der Waals surface area contributed by atoms with Crippen LogP contribution in [-0.4, -0.2) is 19.8 Å². The van der Waals surface area contributed by atoms with Gasteiger partial charge in [0.05, 0.1) is 6.61 Å². The molecule has 2 nitrogen and oxygen atoms in total. The van der Waals surface area contributed by atoms with Crippen LogP contribution >= 0.6 is 0 Å². The van der Waals surface area contributed by atoms with Crippen molar-refractivity contribution in [3.8, 4) is 0 Å². The molecule has 1 aliphatic heterocycles. The summed E-state index contributed by atoms with van der Waals surface area (Å²) in [6, 6.07) is 7.11. The molecule has 2 unspecified atom stereocenters. The van der Waals surface area contributed by atoms with Crippen LogP contribution in [0, 0.1) is 19.8 Å². The molecule has 0 spiro atoms. The minimum absolute atomic E-state index is 0.445. The summed E-state index contributed by atoms with van der Waals surface area (Å²) in [6.07, 6.45) is 3.64. The van der Waals surface area contributed by atoms with Gasteiger partial charge in [0.1, 0.15) is 0 Å². The van der Waals surface area contributed by atoms with Gasteiger partial charge in [0.15, 0.2) is 0 Å². The second-order valence-electron chi connectivity index (χ2n) is 5.70. The van der Waals surface area contributed by atoms with Gasteiger partial charge in [0, 0.05) is 18.6 Å². The van der Waals surface area contributed by atoms with Crippen molar-refractivity contribution in [1.29, 1.82) is 0 Å². The fourth-order valence-electron chi connectivity index (χ4n) is 2.97. The van der Waals surface area contributed by atoms with Crippen molar-refractivity contribution in [3.63, 3.8) is 0 Å². The third-order valence-electron chi connectivity index (χ3n) is 4.26. The molecule has 19 heavy (non-hydrogen) atoms. The van der Waals surface area contributed by atoms with Crippen molar-refractivity contribution in [2.45, 2.75) is 46.1 Å². The van der Waals surface area contributed by atoms with Crippen LogP contribution < -0.4 is 5.32 Å². The van der Waals surface area contributed by atoms with Crippen LogP contribution in [0.1, 0.15) is 48.9 Å². The Labute approximate surface area is 117 Å². The van der Waals surface area contributed by atoms with Crippen molar-refractivity contribution >= 4 is 0 Å². The molecule has 0 saturated carbocycles. The first kappa shape index (κ1) is 14.5. The molecule has 1 heterocycles. The predicted octanol–water partition coefficient (Wildman–Crippen LogP) is 3.77. The monoisotopic (exact) mass is 261 g/mol. The van der Waals surface area contributed by atoms with Crippen LogP contribution in [0.25, 0.3) is 0 Å². The van der Waals surface area contributed by atoms with Crippen molar-refractivity contribution in [3.05, 3.63) is 34.9 Å². The molecule has 1 aliphatic rings. The van der Waals surface area contributed by atoms with E-state index in [4.69, 9.17) is 4.74 Å². The van der Waals surface area contributed by atoms with E-state index in [9.17, 15) is 0 Å². The van der Waals surface area contributed by atoms with Crippen molar-refractivity contribution in [2.24, 2.45) is 5.92 Å². The van der Waals surface area contributed by atoms with Crippen LogP contribution in [0.4, 0.5) is 0 Å². The first-order chi connectivity index (χ1) is 9.24. The molecule has 0 bridgehead atoms. The summed E-state index contributed by atoms with van der Waals surface area (Å²) in [5.41, 5.74) is 4.28. The van der Waals surface area contributed by atoms with Crippen molar-refractivity contribution in [1.82, 2.24) is 5.32 Å². The van der Waals surface area contributed by atoms with Crippen molar-refractivity contribution < 1.29 is 4.74 Å². The summed E-state index contributed by atoms with van der Waals surface area (Å²) in [4.78, 5) is 0. The predicted molar refractivity (Wildman–Crippen MR) is 80.5 cm³/mol. The zero-order chi connectivity index (χ0) is 13.7. The number of rotatable bonds is 5. The lowest BCUT2D eigenvalue weighted by molar-refractivity contribution is 0.0389. The van der Waals surface area contributed by atoms with Gasteiger partial charge < -0.3 is 10.1 Å². The maximum absolute atomic E-state index is 5.69. The summed E-state index contributed by atoms with van der Waals surface area (Å²) in [5.74, 6) is 0.612. The molecule has 2 atom stereocenters. The Morgan fingerprint density at radius 3 is 2.89 bits per heavy atom. The van der Waals surface area contributed by atoms with Gasteiger partial charge in [-0.25, -0.2) is 0 Å². The second-order valence-corrected chi connectivity index (χ2v) is 5.70. The van der Waals surface area contributed by atoms with Gasteiger partial charge in [-0.15, -0.1) is 0 Å². The standard InChI is InChI=1S/C17H27NO/c1-4-10-18-17(15-8-6-11-19-12-15)16-9-5-7-13(2)14(16)3/h5,7,9,15,17-18H,4,6,8,10-12H2,1-3H3. The molecule has 1 fully saturated rings. The molecule has 0 radical (unpaired) electrons. The van der Waals surface area contributed by atoms with Gasteiger partial charge in [-0.3, -0.25) is 0 Å². The van der Waals surface area contributed by atoms with Crippen LogP contribution in [0.3, 0.4) is 0 Å². The molecular weight excluding hydrogens is 234 g/mol. The molecule has 0 aromatic heterocycles. The van der Waals surface area contributed by atoms with Gasteiger partial charge in [-0.2, -0.15) is 0 Å². The highest BCUT2D eigenvalue weighted by atomic mass is 16.5. The Morgan fingerprint density at radius 1 is 1.37 bits per heavy atom. The van der Waals surface area contributed by atoms with Crippen LogP contribution in [-0.2, 0) is 4.74 Å². The number of nitrogens with one attached hydrogen (secondary N) is 1. The lowest BCUT2D eigenvalue weighted by atomic mass is 9.85. The topological polar surface area (TPSA) is 21.3 Å². The summed E-state index contributed by atoms with van der Waals surface area (Å²) in [5, 5.41) is 3.74. The molecule has 1 N–H and O–H groups in total. The van der Waals surface area contributed by atoms with Gasteiger partial charge >= 0.3 is 0 Å². The number of aryl methyl sites for hydroxylation is 1. The average molecular weight is 261 g/mol. The maximum Gasteiger partial charge on any atom is 0.0512 e. The highest BCUT2D eigenvalue weighted by Crippen LogP contribution is 2.31. The molecule has 0 amide bonds. The second kappa shape index (κ2) is 7.06. The highest BCUT2D eigenvalue weighted by Gasteiger charge is 2.26. The molecule has 2 heteroatoms. The summed E-state index contributed by atoms with van der Waals surface area (Å²) >= 11 is 0. The van der Waals surface area contributed by atoms with Crippen LogP contribution in [0.2, 0.25) is 0 Å². The fourth-order valence-corrected chi connectivity index (χ4v) is 2.97. The lowest BCUT2D eigenvalue weighted by Gasteiger charge is -2.32. The van der Waals surface area contributed by atoms with E-state index in [1.54, 1.807) is 0 Å². The largest absolute Gasteiger partial charge is 0.381 e. The smallest absolute Gasteiger partial charge is 0.0512 e. The minimum Gasteiger partial charge on any atom is -0.381 e. The Bertz CT molecular complexity index is 396. The Hall–Kier alpha value is -0.860. The molecule has 1 aromatic carbocycles. The van der Waals surface area contributed by atoms with Gasteiger partial charge in [0.25, 0.3) is 0 Å². The third-order valence-corrected chi connectivity index (χ3v) is 4.26. The number of ether oxygens (including phenoxy) is 1. The maximum atomic E-state index is 5.69. The van der Waals surface area contributed by atoms with E-state index in [1.165, 1.54) is 36.0 Å². The molecular formula is C17H27NO. The van der Waals surface area contributed by atoms with Crippen molar-refractivity contribution in [2.75, 3.05) is 19.8 Å². The SMILES string of the molecule is CCCNC(c1cccc(C)c1C)C1CCCOC1. The van der Waals surface area contributed by atoms with Crippen LogP contribution in [0.15, 0.2) is 18.2 Å². The highest BCUT2D eigenvalue weighted by molar-refractivity contribution is 5.35. The Kier molecular flexibility index (Phi) is 5.41. The quantitative estimate of drug-likeness (QED) is 0.871. The molecule has 106 valence electrons. The van der Waals surface area contributed by atoms with E-state index in [-0.39, 0.29) is 0 Å². The van der Waals surface area contributed by atoms with Gasteiger partial charge in [-0.1, -0.05) is 25.1 Å². The lowest BCUT2D eigenvalue weighted by Crippen LogP contribution is -2.34. The van der Waals surface area contributed by atoms with Gasteiger partial charge in [-0.05, 0) is 56.3 Å². The Morgan fingerprint density at radius 2 is 2.21 bits per heavy atom. The first-order valence-corrected chi connectivity index (χ1v) is 7.61. The zero-order valence-electron chi connectivity index (χ0n) is 12.5. The minimum atomic E-state index is 0.445. The molecule has 1 saturated heterocycles. The third kappa shape index (κ3) is 3.58. The van der Waals surface area contributed by atoms with E-state index < -0.39 is 0 Å². The molecule has 2 rings (SSSR count). The zero-order valence-corrected chi connectivity index (χ0v) is 12.5. The van der Waals surface area contributed by atoms with E-state index in [2.05, 4.69) is 44.3 Å². The number of hydrogen-bond acceptors (Lipinski definition) is 2.